The molecule has 0 aromatic carbocycles. The van der Waals surface area contributed by atoms with Gasteiger partial charge in [-0.05, 0) is 6.92 Å². The summed E-state index contributed by atoms with van der Waals surface area (Å²) in [5.41, 5.74) is 0. The molecule has 0 aliphatic rings. The molecule has 0 bridgehead atoms. The predicted molar refractivity (Wildman–Crippen MR) is 29.5 cm³/mol. The van der Waals surface area contributed by atoms with Gasteiger partial charge in [0.15, 0.2) is 0 Å². The molecule has 0 rings (SSSR count). The average molecular weight is 173 g/mol. The van der Waals surface area contributed by atoms with E-state index in [1.165, 1.54) is 6.92 Å². The summed E-state index contributed by atoms with van der Waals surface area (Å²) in [6.45, 7) is 1.28. The highest BCUT2D eigenvalue weighted by atomic mass is 32.3. The van der Waals surface area contributed by atoms with Crippen molar-refractivity contribution >= 4 is 21.5 Å². The van der Waals surface area contributed by atoms with Crippen LogP contribution in [0.3, 0.4) is 0 Å². The fourth-order valence-electron chi connectivity index (χ4n) is 0.133. The van der Waals surface area contributed by atoms with Gasteiger partial charge in [0.2, 0.25) is 0 Å². The zero-order valence-corrected chi connectivity index (χ0v) is 6.20. The van der Waals surface area contributed by atoms with Crippen LogP contribution in [0, 0.1) is 0 Å². The molecule has 0 aliphatic heterocycles. The Labute approximate surface area is 55.6 Å². The second-order valence-corrected chi connectivity index (χ2v) is 3.76. The molecule has 7 heteroatoms. The molecule has 9 heavy (non-hydrogen) atoms. The minimum absolute atomic E-state index is 0.346. The van der Waals surface area contributed by atoms with Crippen molar-refractivity contribution in [2.75, 3.05) is 5.75 Å². The van der Waals surface area contributed by atoms with Gasteiger partial charge in [0, 0.05) is 0 Å². The summed E-state index contributed by atoms with van der Waals surface area (Å²) in [5.74, 6) is -0.346. The summed E-state index contributed by atoms with van der Waals surface area (Å²) in [7, 11) is -3.83. The van der Waals surface area contributed by atoms with Crippen LogP contribution in [0.1, 0.15) is 6.92 Å². The Bertz CT molecular complexity index is 191. The van der Waals surface area contributed by atoms with Crippen LogP contribution in [0.4, 0.5) is 0 Å². The molecule has 5 nitrogen and oxygen atoms in total. The van der Waals surface area contributed by atoms with E-state index in [1.54, 1.807) is 0 Å². The molecule has 1 unspecified atom stereocenters. The average Bonchev–Trinajstić information content (AvgIpc) is 1.63. The van der Waals surface area contributed by atoms with Crippen LogP contribution in [-0.4, -0.2) is 22.9 Å². The first-order valence-corrected chi connectivity index (χ1v) is 4.57. The summed E-state index contributed by atoms with van der Waals surface area (Å²) in [5, 5.41) is 0. The first kappa shape index (κ1) is 9.02. The lowest BCUT2D eigenvalue weighted by molar-refractivity contribution is 0.430. The number of hydrogen-bond donors (Lipinski definition) is 0. The largest absolute Gasteiger partial charge is 0.749 e. The summed E-state index contributed by atoms with van der Waals surface area (Å²) in [6.07, 6.45) is 0. The molecular formula is C2H5O5S2-. The van der Waals surface area contributed by atoms with E-state index in [1.807, 2.05) is 0 Å². The highest BCUT2D eigenvalue weighted by Gasteiger charge is 2.06. The Balaban J connectivity index is 4.06. The Morgan fingerprint density at radius 2 is 2.11 bits per heavy atom. The predicted octanol–water partition coefficient (Wildman–Crippen LogP) is -0.853. The zero-order chi connectivity index (χ0) is 7.49. The van der Waals surface area contributed by atoms with Gasteiger partial charge < -0.3 is 4.55 Å². The van der Waals surface area contributed by atoms with E-state index in [2.05, 4.69) is 3.63 Å². The Kier molecular flexibility index (Phi) is 3.26. The summed E-state index contributed by atoms with van der Waals surface area (Å²) < 4.78 is 43.0. The van der Waals surface area contributed by atoms with E-state index >= 15 is 0 Å². The maximum Gasteiger partial charge on any atom is 0.279 e. The van der Waals surface area contributed by atoms with Crippen LogP contribution in [-0.2, 0) is 25.1 Å². The maximum absolute atomic E-state index is 10.2. The first-order chi connectivity index (χ1) is 3.98. The summed E-state index contributed by atoms with van der Waals surface area (Å²) >= 11 is -2.97. The van der Waals surface area contributed by atoms with Crippen molar-refractivity contribution in [3.8, 4) is 0 Å². The van der Waals surface area contributed by atoms with E-state index in [0.717, 1.165) is 0 Å². The molecule has 0 aromatic heterocycles. The highest BCUT2D eigenvalue weighted by molar-refractivity contribution is 7.95. The molecule has 0 saturated heterocycles. The minimum Gasteiger partial charge on any atom is -0.749 e. The second-order valence-electron chi connectivity index (χ2n) is 1.12. The van der Waals surface area contributed by atoms with E-state index in [4.69, 9.17) is 0 Å². The van der Waals surface area contributed by atoms with Crippen LogP contribution < -0.4 is 0 Å². The third kappa shape index (κ3) is 4.52. The molecule has 0 fully saturated rings. The lowest BCUT2D eigenvalue weighted by atomic mass is 11.0. The number of hydrogen-bond acceptors (Lipinski definition) is 5. The second kappa shape index (κ2) is 3.25. The summed E-state index contributed by atoms with van der Waals surface area (Å²) in [6, 6.07) is 0. The fourth-order valence-corrected chi connectivity index (χ4v) is 1.19. The molecular weight excluding hydrogens is 168 g/mol. The number of rotatable bonds is 3. The Morgan fingerprint density at radius 3 is 2.22 bits per heavy atom. The van der Waals surface area contributed by atoms with Crippen molar-refractivity contribution < 1.29 is 20.8 Å². The van der Waals surface area contributed by atoms with Crippen molar-refractivity contribution in [3.63, 3.8) is 0 Å². The molecule has 1 atom stereocenters. The lowest BCUT2D eigenvalue weighted by Crippen LogP contribution is -2.09. The van der Waals surface area contributed by atoms with Gasteiger partial charge in [0.25, 0.3) is 10.1 Å². The molecule has 0 radical (unpaired) electrons. The third-order valence-corrected chi connectivity index (χ3v) is 2.49. The Morgan fingerprint density at radius 1 is 1.67 bits per heavy atom. The molecule has 0 heterocycles. The van der Waals surface area contributed by atoms with Crippen LogP contribution in [0.5, 0.6) is 0 Å². The van der Waals surface area contributed by atoms with Crippen molar-refractivity contribution in [2.24, 2.45) is 0 Å². The topological polar surface area (TPSA) is 83.5 Å². The molecule has 0 aromatic rings. The van der Waals surface area contributed by atoms with Crippen LogP contribution in [0.25, 0.3) is 0 Å². The van der Waals surface area contributed by atoms with Gasteiger partial charge in [0.05, 0.1) is 5.75 Å². The Hall–Kier alpha value is 0.0200. The van der Waals surface area contributed by atoms with Gasteiger partial charge in [-0.25, -0.2) is 4.21 Å². The van der Waals surface area contributed by atoms with Gasteiger partial charge in [-0.3, -0.25) is 0 Å². The van der Waals surface area contributed by atoms with E-state index < -0.39 is 21.5 Å². The maximum atomic E-state index is 10.2. The molecule has 0 saturated carbocycles. The van der Waals surface area contributed by atoms with Gasteiger partial charge >= 0.3 is 0 Å². The van der Waals surface area contributed by atoms with Gasteiger partial charge in [0.1, 0.15) is 11.4 Å². The minimum atomic E-state index is -3.83. The molecule has 0 amide bonds. The zero-order valence-electron chi connectivity index (χ0n) is 4.56. The molecule has 0 aliphatic carbocycles. The third-order valence-electron chi connectivity index (χ3n) is 0.513. The van der Waals surface area contributed by atoms with Crippen LogP contribution in [0.15, 0.2) is 0 Å². The van der Waals surface area contributed by atoms with Crippen molar-refractivity contribution in [2.45, 2.75) is 6.92 Å². The van der Waals surface area contributed by atoms with E-state index in [9.17, 15) is 17.2 Å². The van der Waals surface area contributed by atoms with E-state index in [0.29, 0.717) is 0 Å². The lowest BCUT2D eigenvalue weighted by Gasteiger charge is -2.02. The van der Waals surface area contributed by atoms with Gasteiger partial charge in [-0.1, -0.05) is 0 Å². The molecule has 56 valence electrons. The van der Waals surface area contributed by atoms with E-state index in [-0.39, 0.29) is 5.75 Å². The molecule has 0 spiro atoms. The molecule has 0 N–H and O–H groups in total. The van der Waals surface area contributed by atoms with Gasteiger partial charge in [-0.2, -0.15) is 12.0 Å². The normalized spacial score (nSPS) is 15.3. The van der Waals surface area contributed by atoms with Crippen LogP contribution in [0.2, 0.25) is 0 Å². The highest BCUT2D eigenvalue weighted by Crippen LogP contribution is 1.92. The quantitative estimate of drug-likeness (QED) is 0.519. The van der Waals surface area contributed by atoms with Crippen molar-refractivity contribution in [1.82, 2.24) is 0 Å². The standard InChI is InChI=1S/C2H6O5S2/c1-2-9(5,6)7-8(3)4/h2H2,1H3,(H,3,4)/p-1. The van der Waals surface area contributed by atoms with Gasteiger partial charge in [-0.15, -0.1) is 0 Å². The van der Waals surface area contributed by atoms with Crippen molar-refractivity contribution in [3.05, 3.63) is 0 Å². The first-order valence-electron chi connectivity index (χ1n) is 2.00. The SMILES string of the molecule is CCS(=O)(=O)OS(=O)[O-]. The summed E-state index contributed by atoms with van der Waals surface area (Å²) in [4.78, 5) is 0. The van der Waals surface area contributed by atoms with Crippen LogP contribution >= 0.6 is 0 Å². The fraction of sp³-hybridized carbons (Fsp3) is 1.00. The smallest absolute Gasteiger partial charge is 0.279 e. The van der Waals surface area contributed by atoms with Crippen molar-refractivity contribution in [1.29, 1.82) is 0 Å². The monoisotopic (exact) mass is 173 g/mol.